The van der Waals surface area contributed by atoms with Crippen LogP contribution in [0.15, 0.2) is 12.2 Å². The smallest absolute Gasteiger partial charge is 0.307 e. The number of carboxylic acids is 1. The largest absolute Gasteiger partial charge is 0.481 e. The number of rotatable bonds is 4. The highest BCUT2D eigenvalue weighted by Gasteiger charge is 2.51. The highest BCUT2D eigenvalue weighted by Crippen LogP contribution is 2.48. The summed E-state index contributed by atoms with van der Waals surface area (Å²) in [5.41, 5.74) is 0. The minimum Gasteiger partial charge on any atom is -0.481 e. The van der Waals surface area contributed by atoms with E-state index >= 15 is 0 Å². The summed E-state index contributed by atoms with van der Waals surface area (Å²) >= 11 is 0. The molecule has 0 aromatic heterocycles. The van der Waals surface area contributed by atoms with Crippen LogP contribution in [-0.2, 0) is 9.59 Å². The Morgan fingerprint density at radius 1 is 1.14 bits per heavy atom. The van der Waals surface area contributed by atoms with E-state index in [2.05, 4.69) is 12.2 Å². The Hall–Kier alpha value is -1.32. The molecule has 1 amide bonds. The molecule has 2 bridgehead atoms. The van der Waals surface area contributed by atoms with Gasteiger partial charge in [0.2, 0.25) is 5.91 Å². The fraction of sp³-hybridized carbons (Fsp3) is 0.765. The van der Waals surface area contributed by atoms with Gasteiger partial charge in [-0.1, -0.05) is 31.9 Å². The molecule has 4 heteroatoms. The van der Waals surface area contributed by atoms with Gasteiger partial charge in [0, 0.05) is 6.54 Å². The molecule has 6 unspecified atom stereocenters. The zero-order chi connectivity index (χ0) is 15.0. The monoisotopic (exact) mass is 291 g/mol. The van der Waals surface area contributed by atoms with Crippen LogP contribution in [0, 0.1) is 35.5 Å². The molecule has 0 aliphatic heterocycles. The molecule has 0 aromatic carbocycles. The van der Waals surface area contributed by atoms with E-state index in [9.17, 15) is 14.7 Å². The Morgan fingerprint density at radius 3 is 2.52 bits per heavy atom. The molecule has 0 aromatic rings. The average molecular weight is 291 g/mol. The fourth-order valence-electron chi connectivity index (χ4n) is 4.62. The van der Waals surface area contributed by atoms with Crippen LogP contribution in [0.5, 0.6) is 0 Å². The van der Waals surface area contributed by atoms with Gasteiger partial charge < -0.3 is 10.4 Å². The maximum atomic E-state index is 12.5. The van der Waals surface area contributed by atoms with Crippen molar-refractivity contribution in [3.05, 3.63) is 12.2 Å². The molecule has 0 radical (unpaired) electrons. The molecule has 3 aliphatic rings. The minimum atomic E-state index is -0.821. The summed E-state index contributed by atoms with van der Waals surface area (Å²) in [5.74, 6) is -0.258. The third-order valence-corrected chi connectivity index (χ3v) is 5.66. The van der Waals surface area contributed by atoms with Gasteiger partial charge in [0.15, 0.2) is 0 Å². The molecule has 116 valence electrons. The van der Waals surface area contributed by atoms with Gasteiger partial charge >= 0.3 is 5.97 Å². The summed E-state index contributed by atoms with van der Waals surface area (Å²) < 4.78 is 0. The number of hydrogen-bond acceptors (Lipinski definition) is 2. The molecule has 3 aliphatic carbocycles. The van der Waals surface area contributed by atoms with Crippen molar-refractivity contribution in [3.63, 3.8) is 0 Å². The van der Waals surface area contributed by atoms with Gasteiger partial charge in [-0.15, -0.1) is 0 Å². The van der Waals surface area contributed by atoms with Crippen LogP contribution in [0.3, 0.4) is 0 Å². The van der Waals surface area contributed by atoms with Gasteiger partial charge in [0.1, 0.15) is 0 Å². The van der Waals surface area contributed by atoms with Gasteiger partial charge in [-0.25, -0.2) is 0 Å². The van der Waals surface area contributed by atoms with Crippen LogP contribution >= 0.6 is 0 Å². The summed E-state index contributed by atoms with van der Waals surface area (Å²) in [7, 11) is 0. The van der Waals surface area contributed by atoms with Gasteiger partial charge in [-0.05, 0) is 42.9 Å². The van der Waals surface area contributed by atoms with Crippen LogP contribution in [0.2, 0.25) is 0 Å². The summed E-state index contributed by atoms with van der Waals surface area (Å²) in [5, 5.41) is 12.4. The SMILES string of the molecule is CC1CCCC(CNC(=O)C2C3C=CC(C3)C2C(=O)O)C1. The molecule has 2 saturated carbocycles. The van der Waals surface area contributed by atoms with Crippen molar-refractivity contribution in [1.82, 2.24) is 5.32 Å². The van der Waals surface area contributed by atoms with E-state index in [4.69, 9.17) is 0 Å². The maximum Gasteiger partial charge on any atom is 0.307 e. The number of fused-ring (bicyclic) bond motifs is 2. The maximum absolute atomic E-state index is 12.5. The number of aliphatic carboxylic acids is 1. The predicted molar refractivity (Wildman–Crippen MR) is 79.5 cm³/mol. The van der Waals surface area contributed by atoms with Crippen molar-refractivity contribution in [2.45, 2.75) is 39.0 Å². The van der Waals surface area contributed by atoms with E-state index in [1.165, 1.54) is 25.7 Å². The number of carbonyl (C=O) groups is 2. The first-order chi connectivity index (χ1) is 10.1. The second-order valence-electron chi connectivity index (χ2n) is 7.22. The molecular formula is C17H25NO3. The normalized spacial score (nSPS) is 41.2. The summed E-state index contributed by atoms with van der Waals surface area (Å²) in [6.07, 6.45) is 9.75. The second-order valence-corrected chi connectivity index (χ2v) is 7.22. The highest BCUT2D eigenvalue weighted by atomic mass is 16.4. The van der Waals surface area contributed by atoms with Crippen molar-refractivity contribution in [2.75, 3.05) is 6.54 Å². The summed E-state index contributed by atoms with van der Waals surface area (Å²) in [6, 6.07) is 0. The molecular weight excluding hydrogens is 266 g/mol. The molecule has 6 atom stereocenters. The van der Waals surface area contributed by atoms with Gasteiger partial charge in [0.05, 0.1) is 11.8 Å². The standard InChI is InChI=1S/C17H25NO3/c1-10-3-2-4-11(7-10)9-18-16(19)14-12-5-6-13(8-12)15(14)17(20)21/h5-6,10-15H,2-4,7-9H2,1H3,(H,18,19)(H,20,21). The molecule has 21 heavy (non-hydrogen) atoms. The van der Waals surface area contributed by atoms with Crippen molar-refractivity contribution in [1.29, 1.82) is 0 Å². The lowest BCUT2D eigenvalue weighted by atomic mass is 9.81. The Kier molecular flexibility index (Phi) is 4.05. The van der Waals surface area contributed by atoms with Crippen molar-refractivity contribution in [2.24, 2.45) is 35.5 Å². The fourth-order valence-corrected chi connectivity index (χ4v) is 4.62. The van der Waals surface area contributed by atoms with Crippen molar-refractivity contribution in [3.8, 4) is 0 Å². The molecule has 0 saturated heterocycles. The lowest BCUT2D eigenvalue weighted by Gasteiger charge is -2.28. The van der Waals surface area contributed by atoms with Crippen LogP contribution in [0.1, 0.15) is 39.0 Å². The third-order valence-electron chi connectivity index (χ3n) is 5.66. The average Bonchev–Trinajstić information content (AvgIpc) is 3.05. The number of hydrogen-bond donors (Lipinski definition) is 2. The van der Waals surface area contributed by atoms with E-state index in [0.717, 1.165) is 12.3 Å². The number of carbonyl (C=O) groups excluding carboxylic acids is 1. The first kappa shape index (κ1) is 14.6. The molecule has 3 rings (SSSR count). The number of nitrogens with one attached hydrogen (secondary N) is 1. The first-order valence-corrected chi connectivity index (χ1v) is 8.25. The van der Waals surface area contributed by atoms with E-state index < -0.39 is 11.9 Å². The number of allylic oxidation sites excluding steroid dienone is 2. The van der Waals surface area contributed by atoms with Crippen molar-refractivity contribution < 1.29 is 14.7 Å². The van der Waals surface area contributed by atoms with E-state index in [-0.39, 0.29) is 23.7 Å². The molecule has 0 spiro atoms. The predicted octanol–water partition coefficient (Wildman–Crippen LogP) is 2.45. The van der Waals surface area contributed by atoms with Crippen LogP contribution in [-0.4, -0.2) is 23.5 Å². The number of carboxylic acid groups (broad SMARTS) is 1. The van der Waals surface area contributed by atoms with Gasteiger partial charge in [-0.2, -0.15) is 0 Å². The van der Waals surface area contributed by atoms with E-state index in [1.807, 2.05) is 12.2 Å². The Bertz CT molecular complexity index is 459. The second kappa shape index (κ2) is 5.82. The van der Waals surface area contributed by atoms with E-state index in [0.29, 0.717) is 12.5 Å². The van der Waals surface area contributed by atoms with Crippen LogP contribution < -0.4 is 5.32 Å². The van der Waals surface area contributed by atoms with Gasteiger partial charge in [0.25, 0.3) is 0 Å². The molecule has 2 N–H and O–H groups in total. The number of amides is 1. The van der Waals surface area contributed by atoms with Gasteiger partial charge in [-0.3, -0.25) is 9.59 Å². The Morgan fingerprint density at radius 2 is 1.86 bits per heavy atom. The van der Waals surface area contributed by atoms with E-state index in [1.54, 1.807) is 0 Å². The zero-order valence-electron chi connectivity index (χ0n) is 12.6. The van der Waals surface area contributed by atoms with Crippen molar-refractivity contribution >= 4 is 11.9 Å². The molecule has 4 nitrogen and oxygen atoms in total. The third kappa shape index (κ3) is 2.85. The Balaban J connectivity index is 1.57. The lowest BCUT2D eigenvalue weighted by molar-refractivity contribution is -0.147. The zero-order valence-corrected chi connectivity index (χ0v) is 12.6. The summed E-state index contributed by atoms with van der Waals surface area (Å²) in [4.78, 5) is 23.9. The topological polar surface area (TPSA) is 66.4 Å². The van der Waals surface area contributed by atoms with Crippen LogP contribution in [0.4, 0.5) is 0 Å². The highest BCUT2D eigenvalue weighted by molar-refractivity contribution is 5.86. The molecule has 2 fully saturated rings. The minimum absolute atomic E-state index is 0.0440. The lowest BCUT2D eigenvalue weighted by Crippen LogP contribution is -2.42. The van der Waals surface area contributed by atoms with Crippen LogP contribution in [0.25, 0.3) is 0 Å². The summed E-state index contributed by atoms with van der Waals surface area (Å²) in [6.45, 7) is 2.99. The quantitative estimate of drug-likeness (QED) is 0.782. The molecule has 0 heterocycles. The first-order valence-electron chi connectivity index (χ1n) is 8.25. The Labute approximate surface area is 126 Å².